The van der Waals surface area contributed by atoms with Crippen molar-refractivity contribution in [2.45, 2.75) is 13.3 Å². The van der Waals surface area contributed by atoms with E-state index >= 15 is 0 Å². The summed E-state index contributed by atoms with van der Waals surface area (Å²) < 4.78 is 5.96. The largest absolute Gasteiger partial charge is 0.423 e. The molecule has 6 nitrogen and oxygen atoms in total. The fourth-order valence-electron chi connectivity index (χ4n) is 4.56. The van der Waals surface area contributed by atoms with E-state index in [9.17, 15) is 4.79 Å². The van der Waals surface area contributed by atoms with E-state index < -0.39 is 0 Å². The van der Waals surface area contributed by atoms with Crippen LogP contribution in [0.1, 0.15) is 22.3 Å². The number of aromatic nitrogens is 1. The molecule has 1 amide bonds. The van der Waals surface area contributed by atoms with Crippen LogP contribution in [0.15, 0.2) is 71.1 Å². The predicted octanol–water partition coefficient (Wildman–Crippen LogP) is 5.44. The van der Waals surface area contributed by atoms with E-state index in [1.807, 2.05) is 49.5 Å². The van der Waals surface area contributed by atoms with Crippen molar-refractivity contribution in [3.8, 4) is 11.1 Å². The highest BCUT2D eigenvalue weighted by Gasteiger charge is 2.22. The summed E-state index contributed by atoms with van der Waals surface area (Å²) in [7, 11) is 4.18. The molecule has 0 bridgehead atoms. The first-order valence-electron chi connectivity index (χ1n) is 11.7. The second-order valence-electron chi connectivity index (χ2n) is 9.37. The molecule has 174 valence electrons. The number of nitrogens with one attached hydrogen (secondary N) is 1. The van der Waals surface area contributed by atoms with Gasteiger partial charge in [0.05, 0.1) is 0 Å². The Balaban J connectivity index is 1.26. The third-order valence-corrected chi connectivity index (χ3v) is 6.51. The highest BCUT2D eigenvalue weighted by molar-refractivity contribution is 6.05. The number of likely N-dealkylation sites (tertiary alicyclic amines) is 1. The van der Waals surface area contributed by atoms with Crippen LogP contribution in [-0.2, 0) is 0 Å². The van der Waals surface area contributed by atoms with Gasteiger partial charge < -0.3 is 19.5 Å². The predicted molar refractivity (Wildman–Crippen MR) is 137 cm³/mol. The Morgan fingerprint density at radius 2 is 1.79 bits per heavy atom. The van der Waals surface area contributed by atoms with Gasteiger partial charge in [-0.2, -0.15) is 4.98 Å². The van der Waals surface area contributed by atoms with Crippen LogP contribution in [0.4, 0.5) is 11.7 Å². The number of carbonyl (C=O) groups is 1. The van der Waals surface area contributed by atoms with Crippen LogP contribution < -0.4 is 10.2 Å². The van der Waals surface area contributed by atoms with Gasteiger partial charge in [0, 0.05) is 31.4 Å². The van der Waals surface area contributed by atoms with Gasteiger partial charge in [0.2, 0.25) is 0 Å². The van der Waals surface area contributed by atoms with Gasteiger partial charge in [0.15, 0.2) is 5.58 Å². The molecule has 1 aliphatic heterocycles. The molecule has 34 heavy (non-hydrogen) atoms. The lowest BCUT2D eigenvalue weighted by molar-refractivity contribution is 0.102. The molecular weight excluding hydrogens is 424 g/mol. The minimum Gasteiger partial charge on any atom is -0.423 e. The smallest absolute Gasteiger partial charge is 0.298 e. The maximum absolute atomic E-state index is 12.8. The number of benzene rings is 3. The number of hydrogen-bond donors (Lipinski definition) is 1. The number of aryl methyl sites for hydroxylation is 1. The normalized spacial score (nSPS) is 16.1. The molecule has 1 saturated heterocycles. The summed E-state index contributed by atoms with van der Waals surface area (Å²) in [5, 5.41) is 2.98. The molecule has 0 spiro atoms. The van der Waals surface area contributed by atoms with Crippen molar-refractivity contribution in [3.63, 3.8) is 0 Å². The molecule has 4 aromatic rings. The van der Waals surface area contributed by atoms with E-state index in [-0.39, 0.29) is 5.91 Å². The lowest BCUT2D eigenvalue weighted by Crippen LogP contribution is -2.27. The first-order chi connectivity index (χ1) is 16.4. The van der Waals surface area contributed by atoms with Gasteiger partial charge in [-0.15, -0.1) is 0 Å². The molecule has 1 atom stereocenters. The van der Waals surface area contributed by atoms with Gasteiger partial charge in [-0.1, -0.05) is 42.0 Å². The maximum Gasteiger partial charge on any atom is 0.298 e. The van der Waals surface area contributed by atoms with E-state index in [1.54, 1.807) is 0 Å². The van der Waals surface area contributed by atoms with Crippen molar-refractivity contribution < 1.29 is 9.21 Å². The van der Waals surface area contributed by atoms with Crippen molar-refractivity contribution in [2.24, 2.45) is 5.92 Å². The Hall–Kier alpha value is -3.64. The summed E-state index contributed by atoms with van der Waals surface area (Å²) in [4.78, 5) is 21.9. The van der Waals surface area contributed by atoms with E-state index in [4.69, 9.17) is 4.42 Å². The van der Waals surface area contributed by atoms with Crippen LogP contribution in [-0.4, -0.2) is 49.5 Å². The van der Waals surface area contributed by atoms with Gasteiger partial charge in [-0.25, -0.2) is 0 Å². The topological polar surface area (TPSA) is 61.6 Å². The van der Waals surface area contributed by atoms with E-state index in [1.165, 1.54) is 12.0 Å². The zero-order chi connectivity index (χ0) is 23.7. The minimum atomic E-state index is -0.152. The number of oxazole rings is 1. The fraction of sp³-hybridized carbons (Fsp3) is 0.286. The summed E-state index contributed by atoms with van der Waals surface area (Å²) >= 11 is 0. The zero-order valence-electron chi connectivity index (χ0n) is 19.9. The Morgan fingerprint density at radius 1 is 1.09 bits per heavy atom. The van der Waals surface area contributed by atoms with Crippen molar-refractivity contribution in [2.75, 3.05) is 43.9 Å². The molecule has 1 aliphatic rings. The van der Waals surface area contributed by atoms with Crippen molar-refractivity contribution in [1.29, 1.82) is 0 Å². The van der Waals surface area contributed by atoms with Crippen LogP contribution >= 0.6 is 0 Å². The standard InChI is InChI=1S/C28H30N4O2/c1-19-4-6-21(7-5-19)22-8-10-23(11-9-22)27(33)29-24-12-13-26-25(16-24)30-28(34-26)32(3)18-20-14-15-31(2)17-20/h4-13,16,20H,14-15,17-18H2,1-3H3,(H,29,33). The van der Waals surface area contributed by atoms with Crippen molar-refractivity contribution >= 4 is 28.7 Å². The molecule has 6 heteroatoms. The van der Waals surface area contributed by atoms with Crippen LogP contribution in [0.25, 0.3) is 22.2 Å². The first kappa shape index (κ1) is 22.2. The van der Waals surface area contributed by atoms with Crippen LogP contribution in [0.2, 0.25) is 0 Å². The lowest BCUT2D eigenvalue weighted by atomic mass is 10.0. The summed E-state index contributed by atoms with van der Waals surface area (Å²) in [6.45, 7) is 5.23. The summed E-state index contributed by atoms with van der Waals surface area (Å²) in [5.74, 6) is 0.471. The van der Waals surface area contributed by atoms with Gasteiger partial charge >= 0.3 is 0 Å². The van der Waals surface area contributed by atoms with E-state index in [2.05, 4.69) is 58.3 Å². The van der Waals surface area contributed by atoms with Crippen LogP contribution in [0.3, 0.4) is 0 Å². The lowest BCUT2D eigenvalue weighted by Gasteiger charge is -2.18. The average molecular weight is 455 g/mol. The number of hydrogen-bond acceptors (Lipinski definition) is 5. The first-order valence-corrected chi connectivity index (χ1v) is 11.7. The third-order valence-electron chi connectivity index (χ3n) is 6.51. The fourth-order valence-corrected chi connectivity index (χ4v) is 4.56. The van der Waals surface area contributed by atoms with Crippen LogP contribution in [0, 0.1) is 12.8 Å². The Morgan fingerprint density at radius 3 is 2.47 bits per heavy atom. The molecule has 1 aromatic heterocycles. The molecule has 0 saturated carbocycles. The number of amides is 1. The second-order valence-corrected chi connectivity index (χ2v) is 9.37. The maximum atomic E-state index is 12.8. The molecule has 1 unspecified atom stereocenters. The number of rotatable bonds is 6. The minimum absolute atomic E-state index is 0.152. The summed E-state index contributed by atoms with van der Waals surface area (Å²) in [6, 6.07) is 22.2. The van der Waals surface area contributed by atoms with Crippen molar-refractivity contribution in [1.82, 2.24) is 9.88 Å². The SMILES string of the molecule is Cc1ccc(-c2ccc(C(=O)Nc3ccc4oc(N(C)CC5CCN(C)C5)nc4c3)cc2)cc1. The Labute approximate surface area is 200 Å². The van der Waals surface area contributed by atoms with Crippen LogP contribution in [0.5, 0.6) is 0 Å². The van der Waals surface area contributed by atoms with Gasteiger partial charge in [0.1, 0.15) is 5.52 Å². The zero-order valence-corrected chi connectivity index (χ0v) is 19.9. The molecule has 1 N–H and O–H groups in total. The number of fused-ring (bicyclic) bond motifs is 1. The third kappa shape index (κ3) is 4.82. The molecule has 2 heterocycles. The van der Waals surface area contributed by atoms with E-state index in [0.29, 0.717) is 28.8 Å². The van der Waals surface area contributed by atoms with Crippen molar-refractivity contribution in [3.05, 3.63) is 77.9 Å². The second kappa shape index (κ2) is 9.31. The highest BCUT2D eigenvalue weighted by atomic mass is 16.4. The summed E-state index contributed by atoms with van der Waals surface area (Å²) in [6.07, 6.45) is 1.20. The van der Waals surface area contributed by atoms with E-state index in [0.717, 1.165) is 36.3 Å². The number of nitrogens with zero attached hydrogens (tertiary/aromatic N) is 3. The molecular formula is C28H30N4O2. The number of carbonyl (C=O) groups excluding carboxylic acids is 1. The molecule has 0 aliphatic carbocycles. The highest BCUT2D eigenvalue weighted by Crippen LogP contribution is 2.26. The molecule has 3 aromatic carbocycles. The molecule has 1 fully saturated rings. The van der Waals surface area contributed by atoms with Gasteiger partial charge in [0.25, 0.3) is 11.9 Å². The monoisotopic (exact) mass is 454 g/mol. The molecule has 5 rings (SSSR count). The molecule has 0 radical (unpaired) electrons. The van der Waals surface area contributed by atoms with Gasteiger partial charge in [-0.05, 0) is 74.3 Å². The average Bonchev–Trinajstić information content (AvgIpc) is 3.45. The van der Waals surface area contributed by atoms with Gasteiger partial charge in [-0.3, -0.25) is 4.79 Å². The number of anilines is 2. The Bertz CT molecular complexity index is 1290. The Kier molecular flexibility index (Phi) is 6.07. The quantitative estimate of drug-likeness (QED) is 0.420. The summed E-state index contributed by atoms with van der Waals surface area (Å²) in [5.41, 5.74) is 6.20.